The highest BCUT2D eigenvalue weighted by Gasteiger charge is 2.31. The van der Waals surface area contributed by atoms with E-state index in [2.05, 4.69) is 58.2 Å². The monoisotopic (exact) mass is 500 g/mol. The Morgan fingerprint density at radius 2 is 2.00 bits per heavy atom. The standard InChI is InChI=1S/C30H40N6O/c1-22-18-24(19-31)12-13-26(22)27-20-32-36(30(27)37)29-11-4-8-23(2)35(29)17-7-16-34-15-5-9-25(21-34)28-10-6-14-33(28)3/h5,9,12-13,18,20-21,23,28-29,32H,4,6-8,10-11,14-17H2,1-3H3. The fourth-order valence-electron chi connectivity index (χ4n) is 6.47. The highest BCUT2D eigenvalue weighted by Crippen LogP contribution is 2.31. The number of aromatic nitrogens is 2. The summed E-state index contributed by atoms with van der Waals surface area (Å²) in [4.78, 5) is 21.0. The summed E-state index contributed by atoms with van der Waals surface area (Å²) < 4.78 is 1.83. The molecule has 3 aliphatic rings. The van der Waals surface area contributed by atoms with Crippen LogP contribution >= 0.6 is 0 Å². The number of likely N-dealkylation sites (tertiary alicyclic amines) is 2. The molecule has 2 aromatic rings. The number of H-pyrrole nitrogens is 1. The SMILES string of the molecule is Cc1cc(C#N)ccc1-c1c[nH]n(C2CCCC(C)N2CCCN2C=C(C3CCCN3C)C=CC2)c1=O. The molecule has 1 N–H and O–H groups in total. The summed E-state index contributed by atoms with van der Waals surface area (Å²) in [5, 5.41) is 12.5. The van der Waals surface area contributed by atoms with Crippen LogP contribution in [0.1, 0.15) is 62.7 Å². The molecule has 3 unspecified atom stereocenters. The van der Waals surface area contributed by atoms with Crippen LogP contribution < -0.4 is 5.56 Å². The Hall–Kier alpha value is -3.08. The van der Waals surface area contributed by atoms with Crippen LogP contribution in [-0.2, 0) is 0 Å². The van der Waals surface area contributed by atoms with E-state index < -0.39 is 0 Å². The second kappa shape index (κ2) is 11.1. The fraction of sp³-hybridized carbons (Fsp3) is 0.533. The predicted molar refractivity (Wildman–Crippen MR) is 148 cm³/mol. The molecule has 0 bridgehead atoms. The van der Waals surface area contributed by atoms with Crippen molar-refractivity contribution in [3.8, 4) is 17.2 Å². The molecule has 0 saturated carbocycles. The Morgan fingerprint density at radius 3 is 2.76 bits per heavy atom. The number of nitrogens with zero attached hydrogens (tertiary/aromatic N) is 5. The summed E-state index contributed by atoms with van der Waals surface area (Å²) in [6, 6.07) is 8.70. The second-order valence-electron chi connectivity index (χ2n) is 11.0. The average Bonchev–Trinajstić information content (AvgIpc) is 3.50. The van der Waals surface area contributed by atoms with Gasteiger partial charge in [0.25, 0.3) is 5.56 Å². The lowest BCUT2D eigenvalue weighted by molar-refractivity contribution is 0.0359. The highest BCUT2D eigenvalue weighted by molar-refractivity contribution is 5.66. The van der Waals surface area contributed by atoms with Crippen molar-refractivity contribution in [2.24, 2.45) is 0 Å². The van der Waals surface area contributed by atoms with Crippen LogP contribution in [0, 0.1) is 18.3 Å². The second-order valence-corrected chi connectivity index (χ2v) is 11.0. The van der Waals surface area contributed by atoms with Gasteiger partial charge in [-0.3, -0.25) is 14.6 Å². The molecule has 4 heterocycles. The molecule has 0 amide bonds. The maximum atomic E-state index is 13.5. The first kappa shape index (κ1) is 25.6. The number of aromatic amines is 1. The van der Waals surface area contributed by atoms with E-state index in [1.54, 1.807) is 6.07 Å². The van der Waals surface area contributed by atoms with Gasteiger partial charge in [0.15, 0.2) is 0 Å². The first-order valence-electron chi connectivity index (χ1n) is 13.9. The Bertz CT molecular complexity index is 1260. The minimum atomic E-state index is 0.0198. The first-order chi connectivity index (χ1) is 18.0. The van der Waals surface area contributed by atoms with Gasteiger partial charge in [-0.15, -0.1) is 0 Å². The highest BCUT2D eigenvalue weighted by atomic mass is 16.1. The molecule has 37 heavy (non-hydrogen) atoms. The van der Waals surface area contributed by atoms with Gasteiger partial charge in [-0.1, -0.05) is 18.2 Å². The summed E-state index contributed by atoms with van der Waals surface area (Å²) in [7, 11) is 2.24. The normalized spacial score (nSPS) is 24.9. The van der Waals surface area contributed by atoms with Crippen molar-refractivity contribution < 1.29 is 0 Å². The number of hydrogen-bond donors (Lipinski definition) is 1. The summed E-state index contributed by atoms with van der Waals surface area (Å²) in [5.41, 5.74) is 4.59. The Morgan fingerprint density at radius 1 is 1.14 bits per heavy atom. The molecular weight excluding hydrogens is 460 g/mol. The molecule has 0 spiro atoms. The number of nitrogens with one attached hydrogen (secondary N) is 1. The lowest BCUT2D eigenvalue weighted by atomic mass is 9.99. The molecule has 1 aromatic carbocycles. The van der Waals surface area contributed by atoms with E-state index in [-0.39, 0.29) is 11.7 Å². The van der Waals surface area contributed by atoms with Gasteiger partial charge < -0.3 is 10.00 Å². The van der Waals surface area contributed by atoms with Gasteiger partial charge in [0.05, 0.1) is 17.2 Å². The maximum absolute atomic E-state index is 13.5. The van der Waals surface area contributed by atoms with Crippen molar-refractivity contribution in [3.63, 3.8) is 0 Å². The molecule has 5 rings (SSSR count). The smallest absolute Gasteiger partial charge is 0.275 e. The molecule has 3 atom stereocenters. The third-order valence-electron chi connectivity index (χ3n) is 8.52. The maximum Gasteiger partial charge on any atom is 0.275 e. The molecule has 0 radical (unpaired) electrons. The molecule has 7 heteroatoms. The molecule has 196 valence electrons. The minimum Gasteiger partial charge on any atom is -0.373 e. The number of piperidine rings is 1. The van der Waals surface area contributed by atoms with Gasteiger partial charge in [0, 0.05) is 44.1 Å². The van der Waals surface area contributed by atoms with Crippen molar-refractivity contribution in [2.75, 3.05) is 33.2 Å². The van der Waals surface area contributed by atoms with E-state index in [1.807, 2.05) is 29.9 Å². The molecule has 1 aromatic heterocycles. The molecule has 2 saturated heterocycles. The van der Waals surface area contributed by atoms with Gasteiger partial charge in [-0.05, 0) is 94.8 Å². The molecule has 0 aliphatic carbocycles. The zero-order valence-corrected chi connectivity index (χ0v) is 22.5. The molecule has 3 aliphatic heterocycles. The first-order valence-corrected chi connectivity index (χ1v) is 13.9. The fourth-order valence-corrected chi connectivity index (χ4v) is 6.47. The van der Waals surface area contributed by atoms with Crippen molar-refractivity contribution in [3.05, 3.63) is 69.8 Å². The largest absolute Gasteiger partial charge is 0.373 e. The van der Waals surface area contributed by atoms with E-state index in [0.29, 0.717) is 23.2 Å². The molecule has 2 fully saturated rings. The summed E-state index contributed by atoms with van der Waals surface area (Å²) in [5.74, 6) is 0. The van der Waals surface area contributed by atoms with Crippen LogP contribution in [0.3, 0.4) is 0 Å². The number of rotatable bonds is 7. The number of benzene rings is 1. The number of nitriles is 1. The lowest BCUT2D eigenvalue weighted by Gasteiger charge is -2.41. The summed E-state index contributed by atoms with van der Waals surface area (Å²) >= 11 is 0. The third kappa shape index (κ3) is 5.32. The zero-order valence-electron chi connectivity index (χ0n) is 22.5. The third-order valence-corrected chi connectivity index (χ3v) is 8.52. The van der Waals surface area contributed by atoms with Crippen LogP contribution in [0.2, 0.25) is 0 Å². The number of hydrogen-bond acceptors (Lipinski definition) is 5. The summed E-state index contributed by atoms with van der Waals surface area (Å²) in [6.07, 6.45) is 15.7. The predicted octanol–water partition coefficient (Wildman–Crippen LogP) is 4.64. The van der Waals surface area contributed by atoms with Crippen molar-refractivity contribution in [1.29, 1.82) is 5.26 Å². The lowest BCUT2D eigenvalue weighted by Crippen LogP contribution is -2.46. The van der Waals surface area contributed by atoms with Gasteiger partial charge in [0.1, 0.15) is 6.17 Å². The van der Waals surface area contributed by atoms with Gasteiger partial charge in [-0.25, -0.2) is 4.68 Å². The average molecular weight is 501 g/mol. The van der Waals surface area contributed by atoms with Crippen molar-refractivity contribution in [2.45, 2.75) is 70.6 Å². The van der Waals surface area contributed by atoms with Crippen LogP contribution in [0.5, 0.6) is 0 Å². The van der Waals surface area contributed by atoms with E-state index >= 15 is 0 Å². The quantitative estimate of drug-likeness (QED) is 0.600. The molecule has 7 nitrogen and oxygen atoms in total. The Kier molecular flexibility index (Phi) is 7.68. The van der Waals surface area contributed by atoms with Crippen LogP contribution in [0.4, 0.5) is 0 Å². The van der Waals surface area contributed by atoms with Crippen molar-refractivity contribution in [1.82, 2.24) is 24.5 Å². The van der Waals surface area contributed by atoms with E-state index in [9.17, 15) is 10.1 Å². The van der Waals surface area contributed by atoms with Gasteiger partial charge in [-0.2, -0.15) is 5.26 Å². The van der Waals surface area contributed by atoms with E-state index in [1.165, 1.54) is 25.0 Å². The topological polar surface area (TPSA) is 71.3 Å². The molecular formula is C30H40N6O. The van der Waals surface area contributed by atoms with E-state index in [0.717, 1.165) is 56.4 Å². The van der Waals surface area contributed by atoms with E-state index in [4.69, 9.17) is 0 Å². The zero-order chi connectivity index (χ0) is 25.9. The Balaban J connectivity index is 1.28. The van der Waals surface area contributed by atoms with Gasteiger partial charge >= 0.3 is 0 Å². The van der Waals surface area contributed by atoms with Crippen LogP contribution in [-0.4, -0.2) is 69.8 Å². The van der Waals surface area contributed by atoms with Gasteiger partial charge in [0.2, 0.25) is 0 Å². The summed E-state index contributed by atoms with van der Waals surface area (Å²) in [6.45, 7) is 8.41. The number of aryl methyl sites for hydroxylation is 1. The minimum absolute atomic E-state index is 0.0198. The Labute approximate surface area is 220 Å². The number of likely N-dealkylation sites (N-methyl/N-ethyl adjacent to an activating group) is 1. The van der Waals surface area contributed by atoms with Crippen molar-refractivity contribution >= 4 is 0 Å². The van der Waals surface area contributed by atoms with Crippen LogP contribution in [0.15, 0.2) is 53.1 Å². The van der Waals surface area contributed by atoms with Crippen LogP contribution in [0.25, 0.3) is 11.1 Å².